The van der Waals surface area contributed by atoms with Crippen molar-refractivity contribution in [1.29, 1.82) is 0 Å². The highest BCUT2D eigenvalue weighted by Gasteiger charge is 2.26. The molecule has 0 saturated carbocycles. The van der Waals surface area contributed by atoms with Crippen molar-refractivity contribution in [2.45, 2.75) is 26.2 Å². The molecule has 0 radical (unpaired) electrons. The normalized spacial score (nSPS) is 18.2. The number of hydrogen-bond acceptors (Lipinski definition) is 3. The summed E-state index contributed by atoms with van der Waals surface area (Å²) < 4.78 is 13.7. The summed E-state index contributed by atoms with van der Waals surface area (Å²) in [4.78, 5) is 26.1. The highest BCUT2D eigenvalue weighted by Crippen LogP contribution is 2.20. The molecule has 2 N–H and O–H groups in total. The van der Waals surface area contributed by atoms with Gasteiger partial charge in [0.05, 0.1) is 18.2 Å². The van der Waals surface area contributed by atoms with E-state index in [0.29, 0.717) is 18.1 Å². The molecule has 0 unspecified atom stereocenters. The Morgan fingerprint density at radius 1 is 1.42 bits per heavy atom. The average molecular weight is 356 g/mol. The lowest BCUT2D eigenvalue weighted by atomic mass is 9.97. The number of amides is 2. The summed E-state index contributed by atoms with van der Waals surface area (Å²) in [6.07, 6.45) is 2.59. The number of anilines is 1. The van der Waals surface area contributed by atoms with Gasteiger partial charge in [0.25, 0.3) is 0 Å². The van der Waals surface area contributed by atoms with Crippen LogP contribution < -0.4 is 10.6 Å². The van der Waals surface area contributed by atoms with Crippen LogP contribution in [-0.2, 0) is 9.59 Å². The molecular weight excluding hydrogens is 333 g/mol. The van der Waals surface area contributed by atoms with Gasteiger partial charge in [-0.25, -0.2) is 4.39 Å². The van der Waals surface area contributed by atoms with Gasteiger partial charge < -0.3 is 10.6 Å². The third-order valence-corrected chi connectivity index (χ3v) is 4.23. The Labute approximate surface area is 146 Å². The van der Waals surface area contributed by atoms with Crippen LogP contribution >= 0.6 is 11.6 Å². The molecule has 1 aliphatic heterocycles. The Morgan fingerprint density at radius 2 is 2.21 bits per heavy atom. The predicted octanol–water partition coefficient (Wildman–Crippen LogP) is 2.66. The molecule has 132 valence electrons. The maximum Gasteiger partial charge on any atom is 0.238 e. The third kappa shape index (κ3) is 5.46. The van der Waals surface area contributed by atoms with E-state index in [1.807, 2.05) is 11.8 Å². The fourth-order valence-corrected chi connectivity index (χ4v) is 2.96. The molecule has 7 heteroatoms. The minimum absolute atomic E-state index is 0.0443. The van der Waals surface area contributed by atoms with Crippen LogP contribution in [0.5, 0.6) is 0 Å². The quantitative estimate of drug-likeness (QED) is 0.824. The van der Waals surface area contributed by atoms with Crippen molar-refractivity contribution in [2.75, 3.05) is 31.5 Å². The van der Waals surface area contributed by atoms with Crippen molar-refractivity contribution in [3.05, 3.63) is 29.0 Å². The van der Waals surface area contributed by atoms with E-state index in [4.69, 9.17) is 11.6 Å². The first-order valence-electron chi connectivity index (χ1n) is 8.24. The molecule has 2 rings (SSSR count). The molecule has 1 heterocycles. The van der Waals surface area contributed by atoms with Crippen molar-refractivity contribution in [3.8, 4) is 0 Å². The summed E-state index contributed by atoms with van der Waals surface area (Å²) in [7, 11) is 0. The van der Waals surface area contributed by atoms with Gasteiger partial charge in [0, 0.05) is 18.1 Å². The summed E-state index contributed by atoms with van der Waals surface area (Å²) in [5.74, 6) is -0.891. The van der Waals surface area contributed by atoms with Gasteiger partial charge >= 0.3 is 0 Å². The lowest BCUT2D eigenvalue weighted by Crippen LogP contribution is -2.45. The Hall–Kier alpha value is -1.66. The maximum absolute atomic E-state index is 13.7. The van der Waals surface area contributed by atoms with E-state index in [1.165, 1.54) is 18.2 Å². The zero-order chi connectivity index (χ0) is 17.5. The second kappa shape index (κ2) is 8.99. The van der Waals surface area contributed by atoms with Gasteiger partial charge in [-0.15, -0.1) is 0 Å². The second-order valence-corrected chi connectivity index (χ2v) is 6.47. The Bertz CT molecular complexity index is 597. The van der Waals surface area contributed by atoms with Gasteiger partial charge in [-0.3, -0.25) is 14.5 Å². The van der Waals surface area contributed by atoms with Crippen LogP contribution in [0.25, 0.3) is 0 Å². The fourth-order valence-electron chi connectivity index (χ4n) is 2.79. The standard InChI is InChI=1S/C17H23ClFN3O2/c1-2-7-20-17(24)12-4-3-8-22(10-12)11-16(23)21-15-9-13(18)5-6-14(15)19/h5-6,9,12H,2-4,7-8,10-11H2,1H3,(H,20,24)(H,21,23)/t12-/m0/s1. The number of carbonyl (C=O) groups excluding carboxylic acids is 2. The molecule has 1 fully saturated rings. The number of rotatable bonds is 6. The molecule has 1 aromatic rings. The lowest BCUT2D eigenvalue weighted by Gasteiger charge is -2.31. The topological polar surface area (TPSA) is 61.4 Å². The Kier molecular flexibility index (Phi) is 6.99. The molecule has 1 atom stereocenters. The number of likely N-dealkylation sites (tertiary alicyclic amines) is 1. The first kappa shape index (κ1) is 18.7. The van der Waals surface area contributed by atoms with Crippen LogP contribution in [0.3, 0.4) is 0 Å². The zero-order valence-corrected chi connectivity index (χ0v) is 14.5. The predicted molar refractivity (Wildman–Crippen MR) is 92.5 cm³/mol. The molecule has 0 bridgehead atoms. The van der Waals surface area contributed by atoms with E-state index in [0.717, 1.165) is 25.8 Å². The molecule has 1 aromatic carbocycles. The minimum atomic E-state index is -0.525. The molecule has 5 nitrogen and oxygen atoms in total. The number of nitrogens with zero attached hydrogens (tertiary/aromatic N) is 1. The van der Waals surface area contributed by atoms with Gasteiger partial charge in [0.2, 0.25) is 11.8 Å². The van der Waals surface area contributed by atoms with Crippen LogP contribution in [0.2, 0.25) is 5.02 Å². The second-order valence-electron chi connectivity index (χ2n) is 6.04. The van der Waals surface area contributed by atoms with Crippen molar-refractivity contribution in [3.63, 3.8) is 0 Å². The number of halogens is 2. The summed E-state index contributed by atoms with van der Waals surface area (Å²) in [6, 6.07) is 4.02. The number of carbonyl (C=O) groups is 2. The molecule has 0 aromatic heterocycles. The van der Waals surface area contributed by atoms with Crippen molar-refractivity contribution in [1.82, 2.24) is 10.2 Å². The molecule has 24 heavy (non-hydrogen) atoms. The van der Waals surface area contributed by atoms with E-state index in [9.17, 15) is 14.0 Å². The molecule has 2 amide bonds. The van der Waals surface area contributed by atoms with Gasteiger partial charge in [0.1, 0.15) is 5.82 Å². The number of benzene rings is 1. The van der Waals surface area contributed by atoms with Crippen LogP contribution in [0.15, 0.2) is 18.2 Å². The molecule has 1 aliphatic rings. The number of nitrogens with one attached hydrogen (secondary N) is 2. The summed E-state index contributed by atoms with van der Waals surface area (Å²) >= 11 is 5.81. The van der Waals surface area contributed by atoms with E-state index < -0.39 is 5.82 Å². The van der Waals surface area contributed by atoms with Crippen molar-refractivity contribution in [2.24, 2.45) is 5.92 Å². The van der Waals surface area contributed by atoms with Gasteiger partial charge in [-0.2, -0.15) is 0 Å². The number of piperidine rings is 1. The minimum Gasteiger partial charge on any atom is -0.356 e. The monoisotopic (exact) mass is 355 g/mol. The van der Waals surface area contributed by atoms with Crippen LogP contribution in [0.4, 0.5) is 10.1 Å². The molecule has 1 saturated heterocycles. The van der Waals surface area contributed by atoms with Crippen LogP contribution in [0, 0.1) is 11.7 Å². The highest BCUT2D eigenvalue weighted by atomic mass is 35.5. The van der Waals surface area contributed by atoms with E-state index in [1.54, 1.807) is 0 Å². The first-order valence-corrected chi connectivity index (χ1v) is 8.62. The van der Waals surface area contributed by atoms with Crippen LogP contribution in [-0.4, -0.2) is 42.9 Å². The fraction of sp³-hybridized carbons (Fsp3) is 0.529. The summed E-state index contributed by atoms with van der Waals surface area (Å²) in [6.45, 7) is 4.10. The smallest absolute Gasteiger partial charge is 0.238 e. The molecule has 0 aliphatic carbocycles. The Balaban J connectivity index is 1.87. The van der Waals surface area contributed by atoms with E-state index in [2.05, 4.69) is 10.6 Å². The molecule has 0 spiro atoms. The lowest BCUT2D eigenvalue weighted by molar-refractivity contribution is -0.127. The van der Waals surface area contributed by atoms with Gasteiger partial charge in [-0.05, 0) is 44.0 Å². The SMILES string of the molecule is CCCNC(=O)[C@H]1CCCN(CC(=O)Nc2cc(Cl)ccc2F)C1. The average Bonchev–Trinajstić information content (AvgIpc) is 2.56. The number of hydrogen-bond donors (Lipinski definition) is 2. The van der Waals surface area contributed by atoms with E-state index >= 15 is 0 Å². The van der Waals surface area contributed by atoms with Crippen LogP contribution in [0.1, 0.15) is 26.2 Å². The zero-order valence-electron chi connectivity index (χ0n) is 13.8. The first-order chi connectivity index (χ1) is 11.5. The Morgan fingerprint density at radius 3 is 2.96 bits per heavy atom. The summed E-state index contributed by atoms with van der Waals surface area (Å²) in [5.41, 5.74) is 0.0711. The highest BCUT2D eigenvalue weighted by molar-refractivity contribution is 6.30. The molecular formula is C17H23ClFN3O2. The van der Waals surface area contributed by atoms with Gasteiger partial charge in [0.15, 0.2) is 0 Å². The van der Waals surface area contributed by atoms with E-state index in [-0.39, 0.29) is 30.0 Å². The van der Waals surface area contributed by atoms with Gasteiger partial charge in [-0.1, -0.05) is 18.5 Å². The van der Waals surface area contributed by atoms with Crippen molar-refractivity contribution < 1.29 is 14.0 Å². The van der Waals surface area contributed by atoms with Crippen molar-refractivity contribution >= 4 is 29.1 Å². The summed E-state index contributed by atoms with van der Waals surface area (Å²) in [5, 5.41) is 5.79. The maximum atomic E-state index is 13.7. The largest absolute Gasteiger partial charge is 0.356 e. The third-order valence-electron chi connectivity index (χ3n) is 4.00.